The second-order valence-corrected chi connectivity index (χ2v) is 5.81. The summed E-state index contributed by atoms with van der Waals surface area (Å²) in [5.74, 6) is 0.637. The van der Waals surface area contributed by atoms with Crippen LogP contribution in [0.15, 0.2) is 10.6 Å². The van der Waals surface area contributed by atoms with Crippen molar-refractivity contribution in [3.05, 3.63) is 17.5 Å². The van der Waals surface area contributed by atoms with E-state index in [9.17, 15) is 4.79 Å². The predicted octanol–water partition coefficient (Wildman–Crippen LogP) is 0.920. The molecule has 2 aliphatic heterocycles. The fraction of sp³-hybridized carbons (Fsp3) is 0.714. The number of piperidine rings is 1. The van der Waals surface area contributed by atoms with Crippen molar-refractivity contribution in [3.63, 3.8) is 0 Å². The molecular formula is C14H21N3O3. The van der Waals surface area contributed by atoms with Gasteiger partial charge in [-0.05, 0) is 26.8 Å². The molecule has 6 nitrogen and oxygen atoms in total. The van der Waals surface area contributed by atoms with E-state index in [0.29, 0.717) is 11.5 Å². The number of hydrogen-bond acceptors (Lipinski definition) is 5. The van der Waals surface area contributed by atoms with Gasteiger partial charge in [-0.25, -0.2) is 0 Å². The summed E-state index contributed by atoms with van der Waals surface area (Å²) in [6.45, 7) is 5.84. The van der Waals surface area contributed by atoms with Gasteiger partial charge in [0.15, 0.2) is 5.69 Å². The third kappa shape index (κ3) is 2.33. The van der Waals surface area contributed by atoms with Crippen LogP contribution in [-0.4, -0.2) is 66.3 Å². The first-order valence-corrected chi connectivity index (χ1v) is 7.12. The van der Waals surface area contributed by atoms with E-state index in [1.165, 1.54) is 0 Å². The molecule has 0 radical (unpaired) electrons. The Morgan fingerprint density at radius 2 is 2.10 bits per heavy atom. The van der Waals surface area contributed by atoms with E-state index in [4.69, 9.17) is 9.26 Å². The summed E-state index contributed by atoms with van der Waals surface area (Å²) >= 11 is 0. The molecule has 3 rings (SSSR count). The lowest BCUT2D eigenvalue weighted by Crippen LogP contribution is -2.60. The first kappa shape index (κ1) is 13.6. The van der Waals surface area contributed by atoms with Crippen LogP contribution in [0.5, 0.6) is 0 Å². The zero-order chi connectivity index (χ0) is 14.2. The highest BCUT2D eigenvalue weighted by molar-refractivity contribution is 5.92. The maximum Gasteiger partial charge on any atom is 0.276 e. The standard InChI is InChI=1S/C14H21N3O3/c1-11-9-12(15-20-11)13(18)17-5-3-14(4-6-17)10-19-8-7-16(14)2/h9H,3-8,10H2,1-2H3. The number of amides is 1. The van der Waals surface area contributed by atoms with Crippen molar-refractivity contribution in [3.8, 4) is 0 Å². The Labute approximate surface area is 118 Å². The second kappa shape index (κ2) is 5.18. The summed E-state index contributed by atoms with van der Waals surface area (Å²) < 4.78 is 10.6. The average Bonchev–Trinajstić information content (AvgIpc) is 2.89. The third-order valence-electron chi connectivity index (χ3n) is 4.58. The minimum atomic E-state index is -0.0314. The number of aryl methyl sites for hydroxylation is 1. The lowest BCUT2D eigenvalue weighted by Gasteiger charge is -2.49. The summed E-state index contributed by atoms with van der Waals surface area (Å²) in [4.78, 5) is 16.6. The number of carbonyl (C=O) groups is 1. The summed E-state index contributed by atoms with van der Waals surface area (Å²) in [5.41, 5.74) is 0.515. The number of likely N-dealkylation sites (N-methyl/N-ethyl adjacent to an activating group) is 1. The van der Waals surface area contributed by atoms with E-state index in [2.05, 4.69) is 17.1 Å². The molecule has 1 amide bonds. The van der Waals surface area contributed by atoms with Crippen LogP contribution < -0.4 is 0 Å². The van der Waals surface area contributed by atoms with Crippen LogP contribution in [0.1, 0.15) is 29.1 Å². The Hall–Kier alpha value is -1.40. The molecule has 6 heteroatoms. The molecule has 2 aliphatic rings. The van der Waals surface area contributed by atoms with Gasteiger partial charge in [0.05, 0.1) is 13.2 Å². The van der Waals surface area contributed by atoms with Crippen molar-refractivity contribution < 1.29 is 14.1 Å². The average molecular weight is 279 g/mol. The van der Waals surface area contributed by atoms with Gasteiger partial charge in [0.25, 0.3) is 5.91 Å². The number of morpholine rings is 1. The zero-order valence-corrected chi connectivity index (χ0v) is 12.1. The number of carbonyl (C=O) groups excluding carboxylic acids is 1. The Balaban J connectivity index is 1.65. The SMILES string of the molecule is Cc1cc(C(=O)N2CCC3(CC2)COCCN3C)no1. The lowest BCUT2D eigenvalue weighted by molar-refractivity contribution is -0.0796. The van der Waals surface area contributed by atoms with E-state index >= 15 is 0 Å². The van der Waals surface area contributed by atoms with Gasteiger partial charge in [-0.1, -0.05) is 5.16 Å². The molecular weight excluding hydrogens is 258 g/mol. The molecule has 0 aliphatic carbocycles. The summed E-state index contributed by atoms with van der Waals surface area (Å²) in [5, 5.41) is 3.81. The molecule has 0 unspecified atom stereocenters. The monoisotopic (exact) mass is 279 g/mol. The number of ether oxygens (including phenoxy) is 1. The minimum absolute atomic E-state index is 0.0314. The van der Waals surface area contributed by atoms with Gasteiger partial charge in [-0.15, -0.1) is 0 Å². The first-order chi connectivity index (χ1) is 9.61. The van der Waals surface area contributed by atoms with Crippen LogP contribution in [0.4, 0.5) is 0 Å². The fourth-order valence-electron chi connectivity index (χ4n) is 3.09. The number of likely N-dealkylation sites (tertiary alicyclic amines) is 1. The second-order valence-electron chi connectivity index (χ2n) is 5.81. The minimum Gasteiger partial charge on any atom is -0.378 e. The van der Waals surface area contributed by atoms with Gasteiger partial charge in [0.1, 0.15) is 5.76 Å². The topological polar surface area (TPSA) is 58.8 Å². The van der Waals surface area contributed by atoms with Crippen LogP contribution in [0, 0.1) is 6.92 Å². The molecule has 20 heavy (non-hydrogen) atoms. The summed E-state index contributed by atoms with van der Waals surface area (Å²) in [7, 11) is 2.15. The van der Waals surface area contributed by atoms with Crippen LogP contribution in [-0.2, 0) is 4.74 Å². The fourth-order valence-corrected chi connectivity index (χ4v) is 3.09. The number of nitrogens with zero attached hydrogens (tertiary/aromatic N) is 3. The van der Waals surface area contributed by atoms with Crippen molar-refractivity contribution in [1.29, 1.82) is 0 Å². The number of hydrogen-bond donors (Lipinski definition) is 0. The molecule has 3 heterocycles. The Bertz CT molecular complexity index is 492. The number of aromatic nitrogens is 1. The zero-order valence-electron chi connectivity index (χ0n) is 12.1. The summed E-state index contributed by atoms with van der Waals surface area (Å²) in [6, 6.07) is 1.70. The largest absolute Gasteiger partial charge is 0.378 e. The molecule has 1 aromatic rings. The molecule has 1 spiro atoms. The van der Waals surface area contributed by atoms with Gasteiger partial charge in [0.2, 0.25) is 0 Å². The Morgan fingerprint density at radius 3 is 2.70 bits per heavy atom. The van der Waals surface area contributed by atoms with E-state index in [1.807, 2.05) is 4.90 Å². The maximum atomic E-state index is 12.3. The Morgan fingerprint density at radius 1 is 1.35 bits per heavy atom. The van der Waals surface area contributed by atoms with Crippen LogP contribution >= 0.6 is 0 Å². The van der Waals surface area contributed by atoms with Gasteiger partial charge < -0.3 is 14.2 Å². The maximum absolute atomic E-state index is 12.3. The van der Waals surface area contributed by atoms with E-state index in [0.717, 1.165) is 45.7 Å². The quantitative estimate of drug-likeness (QED) is 0.765. The van der Waals surface area contributed by atoms with Crippen molar-refractivity contribution in [2.45, 2.75) is 25.3 Å². The Kier molecular flexibility index (Phi) is 3.52. The first-order valence-electron chi connectivity index (χ1n) is 7.12. The van der Waals surface area contributed by atoms with Crippen molar-refractivity contribution in [1.82, 2.24) is 15.0 Å². The van der Waals surface area contributed by atoms with Crippen LogP contribution in [0.2, 0.25) is 0 Å². The highest BCUT2D eigenvalue weighted by Crippen LogP contribution is 2.31. The molecule has 2 fully saturated rings. The molecule has 0 bridgehead atoms. The molecule has 1 aromatic heterocycles. The normalized spacial score (nSPS) is 23.2. The van der Waals surface area contributed by atoms with Crippen molar-refractivity contribution >= 4 is 5.91 Å². The van der Waals surface area contributed by atoms with Crippen molar-refractivity contribution in [2.75, 3.05) is 39.9 Å². The molecule has 2 saturated heterocycles. The van der Waals surface area contributed by atoms with E-state index in [-0.39, 0.29) is 11.4 Å². The molecule has 0 atom stereocenters. The smallest absolute Gasteiger partial charge is 0.276 e. The van der Waals surface area contributed by atoms with E-state index < -0.39 is 0 Å². The van der Waals surface area contributed by atoms with Gasteiger partial charge in [0, 0.05) is 31.2 Å². The van der Waals surface area contributed by atoms with Crippen LogP contribution in [0.25, 0.3) is 0 Å². The highest BCUT2D eigenvalue weighted by Gasteiger charge is 2.41. The highest BCUT2D eigenvalue weighted by atomic mass is 16.5. The van der Waals surface area contributed by atoms with Gasteiger partial charge >= 0.3 is 0 Å². The molecule has 0 aromatic carbocycles. The molecule has 0 N–H and O–H groups in total. The van der Waals surface area contributed by atoms with Gasteiger partial charge in [-0.3, -0.25) is 9.69 Å². The molecule has 0 saturated carbocycles. The van der Waals surface area contributed by atoms with Gasteiger partial charge in [-0.2, -0.15) is 0 Å². The lowest BCUT2D eigenvalue weighted by atomic mass is 9.85. The predicted molar refractivity (Wildman–Crippen MR) is 72.6 cm³/mol. The summed E-state index contributed by atoms with van der Waals surface area (Å²) in [6.07, 6.45) is 1.90. The third-order valence-corrected chi connectivity index (χ3v) is 4.58. The van der Waals surface area contributed by atoms with Crippen LogP contribution in [0.3, 0.4) is 0 Å². The number of rotatable bonds is 1. The van der Waals surface area contributed by atoms with Crippen molar-refractivity contribution in [2.24, 2.45) is 0 Å². The van der Waals surface area contributed by atoms with E-state index in [1.54, 1.807) is 13.0 Å². The molecule has 110 valence electrons.